The average Bonchev–Trinajstić information content (AvgIpc) is 2.94. The van der Waals surface area contributed by atoms with Gasteiger partial charge in [-0.05, 0) is 30.7 Å². The summed E-state index contributed by atoms with van der Waals surface area (Å²) >= 11 is 3.51. The number of aromatic nitrogens is 1. The van der Waals surface area contributed by atoms with Crippen LogP contribution >= 0.6 is 23.3 Å². The van der Waals surface area contributed by atoms with Gasteiger partial charge in [0.15, 0.2) is 4.34 Å². The van der Waals surface area contributed by atoms with Crippen LogP contribution < -0.4 is 4.31 Å². The van der Waals surface area contributed by atoms with E-state index in [1.807, 2.05) is 6.07 Å². The topological polar surface area (TPSA) is 16.1 Å². The molecule has 1 heterocycles. The Hall–Kier alpha value is -1.52. The maximum Gasteiger partial charge on any atom is 0.171 e. The van der Waals surface area contributed by atoms with Gasteiger partial charge in [0.05, 0.1) is 10.2 Å². The number of unbranched alkanes of at least 4 members (excludes halogenated alkanes) is 1. The molecule has 0 saturated carbocycles. The average molecular weight is 314 g/mol. The van der Waals surface area contributed by atoms with Crippen molar-refractivity contribution in [1.82, 2.24) is 4.98 Å². The molecule has 2 nitrogen and oxygen atoms in total. The van der Waals surface area contributed by atoms with Crippen LogP contribution in [0.5, 0.6) is 0 Å². The van der Waals surface area contributed by atoms with Crippen molar-refractivity contribution in [3.8, 4) is 0 Å². The molecule has 0 spiro atoms. The highest BCUT2D eigenvalue weighted by atomic mass is 32.2. The van der Waals surface area contributed by atoms with Gasteiger partial charge >= 0.3 is 0 Å². The lowest BCUT2D eigenvalue weighted by Gasteiger charge is -2.21. The summed E-state index contributed by atoms with van der Waals surface area (Å²) in [5.41, 5.74) is 2.34. The molecule has 0 saturated heterocycles. The predicted molar refractivity (Wildman–Crippen MR) is 94.2 cm³/mol. The van der Waals surface area contributed by atoms with Gasteiger partial charge in [0, 0.05) is 24.2 Å². The highest BCUT2D eigenvalue weighted by molar-refractivity contribution is 8.02. The van der Waals surface area contributed by atoms with Crippen LogP contribution in [0.1, 0.15) is 19.8 Å². The summed E-state index contributed by atoms with van der Waals surface area (Å²) in [4.78, 5) is 4.73. The molecule has 4 heteroatoms. The summed E-state index contributed by atoms with van der Waals surface area (Å²) in [7, 11) is 0. The molecule has 0 aliphatic rings. The van der Waals surface area contributed by atoms with E-state index in [1.165, 1.54) is 23.2 Å². The van der Waals surface area contributed by atoms with Gasteiger partial charge in [0.25, 0.3) is 0 Å². The van der Waals surface area contributed by atoms with Crippen molar-refractivity contribution in [2.24, 2.45) is 0 Å². The van der Waals surface area contributed by atoms with Crippen LogP contribution in [0.25, 0.3) is 10.2 Å². The number of nitrogens with zero attached hydrogens (tertiary/aromatic N) is 2. The van der Waals surface area contributed by atoms with Crippen molar-refractivity contribution in [3.05, 3.63) is 54.6 Å². The van der Waals surface area contributed by atoms with E-state index in [2.05, 4.69) is 59.8 Å². The summed E-state index contributed by atoms with van der Waals surface area (Å²) in [6.07, 6.45) is 2.39. The van der Waals surface area contributed by atoms with Crippen molar-refractivity contribution in [2.45, 2.75) is 24.1 Å². The summed E-state index contributed by atoms with van der Waals surface area (Å²) in [5.74, 6) is 0. The minimum absolute atomic E-state index is 1.04. The minimum atomic E-state index is 1.04. The maximum absolute atomic E-state index is 4.73. The molecule has 0 atom stereocenters. The number of rotatable bonds is 6. The lowest BCUT2D eigenvalue weighted by atomic mass is 10.3. The second-order valence-corrected chi connectivity index (χ2v) is 7.13. The standard InChI is InChI=1S/C17H18N2S2/c1-2-3-13-19(14-9-5-4-6-10-14)21-17-18-15-11-7-8-12-16(15)20-17/h4-12H,2-3,13H2,1H3. The Morgan fingerprint density at radius 2 is 1.81 bits per heavy atom. The van der Waals surface area contributed by atoms with E-state index in [0.29, 0.717) is 0 Å². The molecular weight excluding hydrogens is 296 g/mol. The van der Waals surface area contributed by atoms with Gasteiger partial charge in [0.1, 0.15) is 0 Å². The zero-order valence-corrected chi connectivity index (χ0v) is 13.7. The Labute approximate surface area is 134 Å². The van der Waals surface area contributed by atoms with Crippen LogP contribution in [0.2, 0.25) is 0 Å². The van der Waals surface area contributed by atoms with Crippen LogP contribution in [0, 0.1) is 0 Å². The summed E-state index contributed by atoms with van der Waals surface area (Å²) in [6.45, 7) is 3.27. The molecule has 0 bridgehead atoms. The first kappa shape index (κ1) is 14.4. The van der Waals surface area contributed by atoms with E-state index in [0.717, 1.165) is 16.4 Å². The highest BCUT2D eigenvalue weighted by Gasteiger charge is 2.11. The third-order valence-electron chi connectivity index (χ3n) is 3.22. The molecule has 0 aliphatic heterocycles. The molecule has 0 radical (unpaired) electrons. The largest absolute Gasteiger partial charge is 0.310 e. The Morgan fingerprint density at radius 1 is 1.05 bits per heavy atom. The van der Waals surface area contributed by atoms with Gasteiger partial charge in [-0.2, -0.15) is 0 Å². The van der Waals surface area contributed by atoms with Crippen LogP contribution in [0.15, 0.2) is 58.9 Å². The molecule has 0 fully saturated rings. The third kappa shape index (κ3) is 3.57. The minimum Gasteiger partial charge on any atom is -0.310 e. The molecular formula is C17H18N2S2. The molecule has 0 aliphatic carbocycles. The Bertz CT molecular complexity index is 661. The van der Waals surface area contributed by atoms with E-state index in [1.54, 1.807) is 23.3 Å². The number of hydrogen-bond donors (Lipinski definition) is 0. The Morgan fingerprint density at radius 3 is 2.57 bits per heavy atom. The second-order valence-electron chi connectivity index (χ2n) is 4.83. The normalized spacial score (nSPS) is 10.9. The lowest BCUT2D eigenvalue weighted by molar-refractivity contribution is 0.808. The molecule has 0 amide bonds. The second kappa shape index (κ2) is 6.96. The number of anilines is 1. The number of fused-ring (bicyclic) bond motifs is 1. The van der Waals surface area contributed by atoms with Crippen molar-refractivity contribution >= 4 is 39.2 Å². The molecule has 2 aromatic carbocycles. The molecule has 3 rings (SSSR count). The zero-order valence-electron chi connectivity index (χ0n) is 12.0. The van der Waals surface area contributed by atoms with Crippen LogP contribution in [-0.4, -0.2) is 11.5 Å². The quantitative estimate of drug-likeness (QED) is 0.550. The van der Waals surface area contributed by atoms with Gasteiger partial charge in [0.2, 0.25) is 0 Å². The summed E-state index contributed by atoms with van der Waals surface area (Å²) in [5, 5.41) is 0. The van der Waals surface area contributed by atoms with Gasteiger partial charge < -0.3 is 4.31 Å². The monoisotopic (exact) mass is 314 g/mol. The van der Waals surface area contributed by atoms with Gasteiger partial charge in [-0.15, -0.1) is 11.3 Å². The molecule has 1 aromatic heterocycles. The van der Waals surface area contributed by atoms with Gasteiger partial charge in [-0.25, -0.2) is 4.98 Å². The van der Waals surface area contributed by atoms with Crippen molar-refractivity contribution < 1.29 is 0 Å². The summed E-state index contributed by atoms with van der Waals surface area (Å²) in [6, 6.07) is 18.9. The Kier molecular flexibility index (Phi) is 4.78. The van der Waals surface area contributed by atoms with Crippen molar-refractivity contribution in [2.75, 3.05) is 10.8 Å². The fraction of sp³-hybridized carbons (Fsp3) is 0.235. The van der Waals surface area contributed by atoms with Crippen molar-refractivity contribution in [1.29, 1.82) is 0 Å². The SMILES string of the molecule is CCCCN(Sc1nc2ccccc2s1)c1ccccc1. The highest BCUT2D eigenvalue weighted by Crippen LogP contribution is 2.34. The zero-order chi connectivity index (χ0) is 14.5. The van der Waals surface area contributed by atoms with E-state index in [-0.39, 0.29) is 0 Å². The van der Waals surface area contributed by atoms with E-state index in [9.17, 15) is 0 Å². The molecule has 3 aromatic rings. The molecule has 0 unspecified atom stereocenters. The fourth-order valence-electron chi connectivity index (χ4n) is 2.11. The first-order valence-corrected chi connectivity index (χ1v) is 8.82. The van der Waals surface area contributed by atoms with E-state index < -0.39 is 0 Å². The van der Waals surface area contributed by atoms with Crippen molar-refractivity contribution in [3.63, 3.8) is 0 Å². The van der Waals surface area contributed by atoms with E-state index in [4.69, 9.17) is 4.98 Å². The van der Waals surface area contributed by atoms with E-state index >= 15 is 0 Å². The van der Waals surface area contributed by atoms with Crippen LogP contribution in [0.4, 0.5) is 5.69 Å². The fourth-order valence-corrected chi connectivity index (χ4v) is 4.27. The van der Waals surface area contributed by atoms with Gasteiger partial charge in [-0.3, -0.25) is 0 Å². The smallest absolute Gasteiger partial charge is 0.171 e. The lowest BCUT2D eigenvalue weighted by Crippen LogP contribution is -2.15. The Balaban J connectivity index is 1.83. The number of para-hydroxylation sites is 2. The maximum atomic E-state index is 4.73. The van der Waals surface area contributed by atoms with Crippen LogP contribution in [0.3, 0.4) is 0 Å². The molecule has 108 valence electrons. The molecule has 0 N–H and O–H groups in total. The number of benzene rings is 2. The number of thiazole rings is 1. The van der Waals surface area contributed by atoms with Gasteiger partial charge in [-0.1, -0.05) is 43.7 Å². The first-order valence-electron chi connectivity index (χ1n) is 7.23. The summed E-state index contributed by atoms with van der Waals surface area (Å²) < 4.78 is 4.71. The first-order chi connectivity index (χ1) is 10.4. The third-order valence-corrected chi connectivity index (χ3v) is 5.39. The van der Waals surface area contributed by atoms with Crippen LogP contribution in [-0.2, 0) is 0 Å². The number of hydrogen-bond acceptors (Lipinski definition) is 4. The predicted octanol–water partition coefficient (Wildman–Crippen LogP) is 5.61. The molecule has 21 heavy (non-hydrogen) atoms.